The quantitative estimate of drug-likeness (QED) is 0.0332. The number of amides is 1. The molecule has 0 aromatic carbocycles. The number of hydrogen-bond acceptors (Lipinski definition) is 5. The molecule has 0 aromatic heterocycles. The van der Waals surface area contributed by atoms with Gasteiger partial charge in [-0.1, -0.05) is 186 Å². The van der Waals surface area contributed by atoms with Gasteiger partial charge in [-0.05, 0) is 44.9 Å². The Balaban J connectivity index is 3.62. The van der Waals surface area contributed by atoms with Gasteiger partial charge in [0, 0.05) is 0 Å². The van der Waals surface area contributed by atoms with Crippen molar-refractivity contribution >= 4 is 5.91 Å². The summed E-state index contributed by atoms with van der Waals surface area (Å²) in [5.74, 6) is -0.591. The van der Waals surface area contributed by atoms with Crippen molar-refractivity contribution in [3.8, 4) is 0 Å². The second-order valence-corrected chi connectivity index (χ2v) is 14.3. The van der Waals surface area contributed by atoms with Crippen LogP contribution in [-0.4, -0.2) is 57.3 Å². The second-order valence-electron chi connectivity index (χ2n) is 14.3. The molecule has 0 bridgehead atoms. The molecule has 0 saturated heterocycles. The molecule has 0 aliphatic heterocycles. The molecule has 0 radical (unpaired) electrons. The SMILES string of the molecule is CCCCCCCCCCC/C=C\C/C=C\CCCCCCCCCCCCC(O)C(=O)NC(CO)C(O)C(O)CCCCCCCC. The predicted octanol–water partition coefficient (Wildman–Crippen LogP) is 10.4. The van der Waals surface area contributed by atoms with Gasteiger partial charge in [0.15, 0.2) is 0 Å². The van der Waals surface area contributed by atoms with E-state index in [2.05, 4.69) is 43.5 Å². The van der Waals surface area contributed by atoms with Gasteiger partial charge in [-0.3, -0.25) is 4.79 Å². The van der Waals surface area contributed by atoms with Gasteiger partial charge in [0.05, 0.1) is 18.8 Å². The third-order valence-electron chi connectivity index (χ3n) is 9.67. The highest BCUT2D eigenvalue weighted by molar-refractivity contribution is 5.80. The largest absolute Gasteiger partial charge is 0.394 e. The van der Waals surface area contributed by atoms with Crippen molar-refractivity contribution in [1.82, 2.24) is 5.32 Å². The van der Waals surface area contributed by atoms with E-state index in [1.54, 1.807) is 0 Å². The molecule has 0 aliphatic rings. The summed E-state index contributed by atoms with van der Waals surface area (Å²) in [4.78, 5) is 12.4. The van der Waals surface area contributed by atoms with Crippen molar-refractivity contribution in [2.24, 2.45) is 0 Å². The highest BCUT2D eigenvalue weighted by Crippen LogP contribution is 2.15. The molecule has 0 rings (SSSR count). The first-order chi connectivity index (χ1) is 23.5. The molecule has 1 amide bonds. The highest BCUT2D eigenvalue weighted by Gasteiger charge is 2.28. The Morgan fingerprint density at radius 2 is 0.896 bits per heavy atom. The molecule has 0 fully saturated rings. The van der Waals surface area contributed by atoms with Crippen molar-refractivity contribution in [2.45, 2.75) is 231 Å². The number of rotatable bonds is 37. The standard InChI is InChI=1S/C42H81NO5/c1-3-5-7-9-11-12-13-14-15-16-17-18-19-20-21-22-23-24-25-26-27-28-29-30-32-34-36-40(46)42(48)43-38(37-44)41(47)39(45)35-33-31-10-8-6-4-2/h17-18,20-21,38-41,44-47H,3-16,19,22-37H2,1-2H3,(H,43,48)/b18-17-,21-20-. The molecular weight excluding hydrogens is 598 g/mol. The smallest absolute Gasteiger partial charge is 0.249 e. The first-order valence-electron chi connectivity index (χ1n) is 20.7. The lowest BCUT2D eigenvalue weighted by atomic mass is 9.99. The normalized spacial score (nSPS) is 14.5. The number of unbranched alkanes of at least 4 members (excludes halogenated alkanes) is 24. The van der Waals surface area contributed by atoms with Crippen LogP contribution in [0.15, 0.2) is 24.3 Å². The minimum Gasteiger partial charge on any atom is -0.394 e. The zero-order chi connectivity index (χ0) is 35.3. The Morgan fingerprint density at radius 3 is 1.31 bits per heavy atom. The maximum atomic E-state index is 12.4. The lowest BCUT2D eigenvalue weighted by Crippen LogP contribution is -2.53. The number of hydrogen-bond donors (Lipinski definition) is 5. The Kier molecular flexibility index (Phi) is 36.1. The molecule has 284 valence electrons. The van der Waals surface area contributed by atoms with Crippen LogP contribution in [0.5, 0.6) is 0 Å². The van der Waals surface area contributed by atoms with Crippen LogP contribution in [0.1, 0.15) is 206 Å². The second kappa shape index (κ2) is 37.1. The summed E-state index contributed by atoms with van der Waals surface area (Å²) >= 11 is 0. The Labute approximate surface area is 297 Å². The van der Waals surface area contributed by atoms with E-state index in [1.807, 2.05) is 0 Å². The number of carbonyl (C=O) groups excluding carboxylic acids is 1. The van der Waals surface area contributed by atoms with Crippen molar-refractivity contribution in [1.29, 1.82) is 0 Å². The van der Waals surface area contributed by atoms with Gasteiger partial charge in [0.1, 0.15) is 12.2 Å². The summed E-state index contributed by atoms with van der Waals surface area (Å²) in [6.07, 6.45) is 41.0. The number of carbonyl (C=O) groups is 1. The number of aliphatic hydroxyl groups is 4. The molecule has 48 heavy (non-hydrogen) atoms. The van der Waals surface area contributed by atoms with E-state index in [1.165, 1.54) is 135 Å². The molecule has 4 atom stereocenters. The van der Waals surface area contributed by atoms with Crippen molar-refractivity contribution < 1.29 is 25.2 Å². The topological polar surface area (TPSA) is 110 Å². The maximum absolute atomic E-state index is 12.4. The Bertz CT molecular complexity index is 727. The first-order valence-corrected chi connectivity index (χ1v) is 20.7. The van der Waals surface area contributed by atoms with Crippen LogP contribution in [0.25, 0.3) is 0 Å². The van der Waals surface area contributed by atoms with Gasteiger partial charge in [-0.2, -0.15) is 0 Å². The summed E-state index contributed by atoms with van der Waals surface area (Å²) in [7, 11) is 0. The lowest BCUT2D eigenvalue weighted by Gasteiger charge is -2.27. The summed E-state index contributed by atoms with van der Waals surface area (Å²) in [6, 6.07) is -0.981. The van der Waals surface area contributed by atoms with Gasteiger partial charge < -0.3 is 25.7 Å². The molecule has 6 heteroatoms. The first kappa shape index (κ1) is 46.8. The number of nitrogens with one attached hydrogen (secondary N) is 1. The average molecular weight is 680 g/mol. The van der Waals surface area contributed by atoms with Crippen molar-refractivity contribution in [3.63, 3.8) is 0 Å². The maximum Gasteiger partial charge on any atom is 0.249 e. The molecular formula is C42H81NO5. The molecule has 6 nitrogen and oxygen atoms in total. The van der Waals surface area contributed by atoms with E-state index in [0.29, 0.717) is 12.8 Å². The van der Waals surface area contributed by atoms with Gasteiger partial charge >= 0.3 is 0 Å². The molecule has 0 heterocycles. The van der Waals surface area contributed by atoms with E-state index < -0.39 is 36.9 Å². The fraction of sp³-hybridized carbons (Fsp3) is 0.881. The fourth-order valence-corrected chi connectivity index (χ4v) is 6.32. The summed E-state index contributed by atoms with van der Waals surface area (Å²) in [5, 5.41) is 43.2. The summed E-state index contributed by atoms with van der Waals surface area (Å²) < 4.78 is 0. The van der Waals surface area contributed by atoms with Gasteiger partial charge in [-0.25, -0.2) is 0 Å². The van der Waals surface area contributed by atoms with E-state index in [-0.39, 0.29) is 0 Å². The predicted molar refractivity (Wildman–Crippen MR) is 205 cm³/mol. The van der Waals surface area contributed by atoms with Crippen LogP contribution in [0.3, 0.4) is 0 Å². The van der Waals surface area contributed by atoms with Crippen LogP contribution in [0.2, 0.25) is 0 Å². The van der Waals surface area contributed by atoms with Crippen LogP contribution in [0, 0.1) is 0 Å². The van der Waals surface area contributed by atoms with Crippen molar-refractivity contribution in [3.05, 3.63) is 24.3 Å². The summed E-state index contributed by atoms with van der Waals surface area (Å²) in [5.41, 5.74) is 0. The molecule has 0 saturated carbocycles. The number of allylic oxidation sites excluding steroid dienone is 4. The molecule has 0 aromatic rings. The summed E-state index contributed by atoms with van der Waals surface area (Å²) in [6.45, 7) is 3.96. The Morgan fingerprint density at radius 1 is 0.521 bits per heavy atom. The van der Waals surface area contributed by atoms with Gasteiger partial charge in [0.25, 0.3) is 0 Å². The number of aliphatic hydroxyl groups excluding tert-OH is 4. The third-order valence-corrected chi connectivity index (χ3v) is 9.67. The van der Waals surface area contributed by atoms with Crippen LogP contribution < -0.4 is 5.32 Å². The third kappa shape index (κ3) is 30.8. The zero-order valence-electron chi connectivity index (χ0n) is 31.7. The minimum absolute atomic E-state index is 0.366. The highest BCUT2D eigenvalue weighted by atomic mass is 16.3. The molecule has 4 unspecified atom stereocenters. The Hall–Kier alpha value is -1.21. The van der Waals surface area contributed by atoms with E-state index in [4.69, 9.17) is 0 Å². The monoisotopic (exact) mass is 680 g/mol. The molecule has 5 N–H and O–H groups in total. The van der Waals surface area contributed by atoms with E-state index in [0.717, 1.165) is 44.9 Å². The van der Waals surface area contributed by atoms with Gasteiger partial charge in [0.2, 0.25) is 5.91 Å². The lowest BCUT2D eigenvalue weighted by molar-refractivity contribution is -0.132. The fourth-order valence-electron chi connectivity index (χ4n) is 6.32. The van der Waals surface area contributed by atoms with Gasteiger partial charge in [-0.15, -0.1) is 0 Å². The van der Waals surface area contributed by atoms with E-state index >= 15 is 0 Å². The molecule has 0 spiro atoms. The van der Waals surface area contributed by atoms with Crippen LogP contribution in [-0.2, 0) is 4.79 Å². The zero-order valence-corrected chi connectivity index (χ0v) is 31.7. The molecule has 0 aliphatic carbocycles. The van der Waals surface area contributed by atoms with Crippen molar-refractivity contribution in [2.75, 3.05) is 6.61 Å². The minimum atomic E-state index is -1.25. The van der Waals surface area contributed by atoms with E-state index in [9.17, 15) is 25.2 Å². The average Bonchev–Trinajstić information content (AvgIpc) is 3.09. The van der Waals surface area contributed by atoms with Crippen LogP contribution >= 0.6 is 0 Å². The van der Waals surface area contributed by atoms with Crippen LogP contribution in [0.4, 0.5) is 0 Å².